The molecule has 0 aliphatic heterocycles. The number of nitrogens with zero attached hydrogens (tertiary/aromatic N) is 5. The van der Waals surface area contributed by atoms with Crippen LogP contribution in [0.25, 0.3) is 17.3 Å². The molecule has 1 aromatic carbocycles. The molecule has 0 spiro atoms. The van der Waals surface area contributed by atoms with Gasteiger partial charge in [-0.15, -0.1) is 10.2 Å². The van der Waals surface area contributed by atoms with E-state index in [0.29, 0.717) is 16.4 Å². The molecule has 0 bridgehead atoms. The van der Waals surface area contributed by atoms with Gasteiger partial charge >= 0.3 is 5.97 Å². The summed E-state index contributed by atoms with van der Waals surface area (Å²) in [5.41, 5.74) is 2.26. The predicted molar refractivity (Wildman–Crippen MR) is 110 cm³/mol. The van der Waals surface area contributed by atoms with Crippen molar-refractivity contribution in [2.45, 2.75) is 20.5 Å². The lowest BCUT2D eigenvalue weighted by Crippen LogP contribution is -2.11. The Morgan fingerprint density at radius 2 is 1.90 bits per heavy atom. The third-order valence-corrected chi connectivity index (χ3v) is 4.78. The van der Waals surface area contributed by atoms with E-state index in [2.05, 4.69) is 20.3 Å². The molecule has 0 aliphatic carbocycles. The van der Waals surface area contributed by atoms with E-state index >= 15 is 0 Å². The highest BCUT2D eigenvalue weighted by atomic mass is 35.5. The fourth-order valence-electron chi connectivity index (χ4n) is 2.80. The van der Waals surface area contributed by atoms with Gasteiger partial charge in [-0.25, -0.2) is 14.5 Å². The number of halogens is 2. The third-order valence-electron chi connectivity index (χ3n) is 4.15. The summed E-state index contributed by atoms with van der Waals surface area (Å²) >= 11 is 12.3. The van der Waals surface area contributed by atoms with Crippen molar-refractivity contribution in [1.82, 2.24) is 25.0 Å². The van der Waals surface area contributed by atoms with Gasteiger partial charge in [0.15, 0.2) is 18.1 Å². The highest BCUT2D eigenvalue weighted by Gasteiger charge is 2.19. The lowest BCUT2D eigenvalue weighted by atomic mass is 10.2. The summed E-state index contributed by atoms with van der Waals surface area (Å²) in [5, 5.41) is 12.8. The van der Waals surface area contributed by atoms with Crippen molar-refractivity contribution in [1.29, 1.82) is 0 Å². The maximum absolute atomic E-state index is 12.5. The second-order valence-corrected chi connectivity index (χ2v) is 7.21. The first-order chi connectivity index (χ1) is 14.4. The van der Waals surface area contributed by atoms with Crippen LogP contribution in [0.4, 0.5) is 0 Å². The summed E-state index contributed by atoms with van der Waals surface area (Å²) in [4.78, 5) is 16.8. The van der Waals surface area contributed by atoms with E-state index in [0.717, 1.165) is 11.4 Å². The van der Waals surface area contributed by atoms with Gasteiger partial charge in [0.25, 0.3) is 5.89 Å². The smallest absolute Gasteiger partial charge is 0.359 e. The van der Waals surface area contributed by atoms with Crippen molar-refractivity contribution < 1.29 is 13.9 Å². The predicted octanol–water partition coefficient (Wildman–Crippen LogP) is 4.60. The van der Waals surface area contributed by atoms with E-state index in [9.17, 15) is 4.79 Å². The molecule has 0 atom stereocenters. The molecule has 0 unspecified atom stereocenters. The first-order valence-corrected chi connectivity index (χ1v) is 9.62. The van der Waals surface area contributed by atoms with Gasteiger partial charge in [0.2, 0.25) is 5.89 Å². The topological polar surface area (TPSA) is 95.9 Å². The minimum Gasteiger partial charge on any atom is -0.451 e. The highest BCUT2D eigenvalue weighted by Crippen LogP contribution is 2.26. The van der Waals surface area contributed by atoms with Crippen molar-refractivity contribution >= 4 is 29.2 Å². The second-order valence-electron chi connectivity index (χ2n) is 6.40. The van der Waals surface area contributed by atoms with Crippen LogP contribution in [0.5, 0.6) is 0 Å². The van der Waals surface area contributed by atoms with Crippen LogP contribution >= 0.6 is 23.2 Å². The number of pyridine rings is 1. The number of hydrogen-bond donors (Lipinski definition) is 0. The fraction of sp³-hybridized carbons (Fsp3) is 0.150. The zero-order chi connectivity index (χ0) is 21.3. The van der Waals surface area contributed by atoms with Crippen molar-refractivity contribution in [2.24, 2.45) is 0 Å². The lowest BCUT2D eigenvalue weighted by Gasteiger charge is -2.07. The number of aryl methyl sites for hydroxylation is 2. The molecule has 4 rings (SSSR count). The molecule has 0 N–H and O–H groups in total. The van der Waals surface area contributed by atoms with Crippen molar-refractivity contribution in [3.05, 3.63) is 75.5 Å². The van der Waals surface area contributed by atoms with Gasteiger partial charge in [-0.1, -0.05) is 35.3 Å². The standard InChI is InChI=1S/C20H15Cl2N5O3/c1-11-9-12(2)27(26-11)16-8-7-15(22)18(23-16)20(28)29-10-17-24-25-19(30-17)13-5-3-4-6-14(13)21/h3-9H,10H2,1-2H3. The monoisotopic (exact) mass is 443 g/mol. The van der Waals surface area contributed by atoms with Gasteiger partial charge < -0.3 is 9.15 Å². The molecule has 152 valence electrons. The minimum absolute atomic E-state index is 0.0347. The molecule has 3 aromatic heterocycles. The van der Waals surface area contributed by atoms with Gasteiger partial charge in [0.1, 0.15) is 0 Å². The van der Waals surface area contributed by atoms with E-state index in [1.54, 1.807) is 41.1 Å². The summed E-state index contributed by atoms with van der Waals surface area (Å²) in [7, 11) is 0. The number of aromatic nitrogens is 5. The number of esters is 1. The van der Waals surface area contributed by atoms with Crippen molar-refractivity contribution in [3.8, 4) is 17.3 Å². The number of carbonyl (C=O) groups is 1. The van der Waals surface area contributed by atoms with Crippen LogP contribution in [0.2, 0.25) is 10.0 Å². The van der Waals surface area contributed by atoms with Crippen LogP contribution in [0, 0.1) is 13.8 Å². The molecule has 0 saturated carbocycles. The quantitative estimate of drug-likeness (QED) is 0.415. The van der Waals surface area contributed by atoms with Gasteiger partial charge in [-0.05, 0) is 44.2 Å². The number of rotatable bonds is 5. The first-order valence-electron chi connectivity index (χ1n) is 8.87. The summed E-state index contributed by atoms with van der Waals surface area (Å²) in [6.45, 7) is 3.52. The number of benzene rings is 1. The molecule has 4 aromatic rings. The van der Waals surface area contributed by atoms with Crippen LogP contribution in [0.1, 0.15) is 27.8 Å². The SMILES string of the molecule is Cc1cc(C)n(-c2ccc(Cl)c(C(=O)OCc3nnc(-c4ccccc4Cl)o3)n2)n1. The van der Waals surface area contributed by atoms with Gasteiger partial charge in [-0.2, -0.15) is 5.10 Å². The average Bonchev–Trinajstić information content (AvgIpc) is 3.33. The largest absolute Gasteiger partial charge is 0.451 e. The molecule has 0 fully saturated rings. The van der Waals surface area contributed by atoms with Crippen LogP contribution in [0.3, 0.4) is 0 Å². The summed E-state index contributed by atoms with van der Waals surface area (Å²) in [6.07, 6.45) is 0. The van der Waals surface area contributed by atoms with Crippen molar-refractivity contribution in [2.75, 3.05) is 0 Å². The highest BCUT2D eigenvalue weighted by molar-refractivity contribution is 6.33. The average molecular weight is 444 g/mol. The van der Waals surface area contributed by atoms with Gasteiger partial charge in [0.05, 0.1) is 21.3 Å². The fourth-order valence-corrected chi connectivity index (χ4v) is 3.20. The van der Waals surface area contributed by atoms with Crippen LogP contribution in [0.15, 0.2) is 46.9 Å². The van der Waals surface area contributed by atoms with E-state index < -0.39 is 5.97 Å². The Balaban J connectivity index is 1.50. The van der Waals surface area contributed by atoms with E-state index in [1.807, 2.05) is 19.9 Å². The normalized spacial score (nSPS) is 10.9. The molecule has 0 saturated heterocycles. The second kappa shape index (κ2) is 8.25. The molecule has 10 heteroatoms. The summed E-state index contributed by atoms with van der Waals surface area (Å²) in [5.74, 6) is 0.0787. The van der Waals surface area contributed by atoms with Gasteiger partial charge in [-0.3, -0.25) is 0 Å². The summed E-state index contributed by atoms with van der Waals surface area (Å²) < 4.78 is 12.4. The maximum Gasteiger partial charge on any atom is 0.359 e. The molecule has 8 nitrogen and oxygen atoms in total. The molecule has 3 heterocycles. The molecular weight excluding hydrogens is 429 g/mol. The van der Waals surface area contributed by atoms with Crippen molar-refractivity contribution in [3.63, 3.8) is 0 Å². The number of carbonyl (C=O) groups excluding carboxylic acids is 1. The molecule has 0 radical (unpaired) electrons. The molecule has 0 aliphatic rings. The lowest BCUT2D eigenvalue weighted by molar-refractivity contribution is 0.0432. The Labute approximate surface area is 181 Å². The Morgan fingerprint density at radius 3 is 2.63 bits per heavy atom. The minimum atomic E-state index is -0.721. The number of ether oxygens (including phenoxy) is 1. The van der Waals surface area contributed by atoms with E-state index in [-0.39, 0.29) is 29.1 Å². The summed E-state index contributed by atoms with van der Waals surface area (Å²) in [6, 6.07) is 12.2. The Kier molecular flexibility index (Phi) is 5.52. The molecule has 30 heavy (non-hydrogen) atoms. The number of hydrogen-bond acceptors (Lipinski definition) is 7. The Morgan fingerprint density at radius 1 is 1.10 bits per heavy atom. The van der Waals surface area contributed by atoms with Crippen LogP contribution in [-0.4, -0.2) is 30.9 Å². The first kappa shape index (κ1) is 20.1. The Bertz CT molecular complexity index is 1230. The van der Waals surface area contributed by atoms with Crippen LogP contribution in [-0.2, 0) is 11.3 Å². The maximum atomic E-state index is 12.5. The third kappa shape index (κ3) is 4.05. The molecule has 0 amide bonds. The molecular formula is C20H15Cl2N5O3. The zero-order valence-electron chi connectivity index (χ0n) is 16.0. The van der Waals surface area contributed by atoms with E-state index in [1.165, 1.54) is 0 Å². The Hall–Kier alpha value is -3.23. The zero-order valence-corrected chi connectivity index (χ0v) is 17.5. The van der Waals surface area contributed by atoms with Crippen LogP contribution < -0.4 is 0 Å². The van der Waals surface area contributed by atoms with E-state index in [4.69, 9.17) is 32.4 Å². The van der Waals surface area contributed by atoms with Gasteiger partial charge in [0, 0.05) is 5.69 Å².